The van der Waals surface area contributed by atoms with Gasteiger partial charge in [-0.1, -0.05) is 0 Å². The molecule has 20 heavy (non-hydrogen) atoms. The molecule has 0 aliphatic heterocycles. The van der Waals surface area contributed by atoms with E-state index in [1.54, 1.807) is 0 Å². The highest BCUT2D eigenvalue weighted by molar-refractivity contribution is 9.10. The summed E-state index contributed by atoms with van der Waals surface area (Å²) < 4.78 is 43.9. The third kappa shape index (κ3) is 3.74. The van der Waals surface area contributed by atoms with Crippen LogP contribution in [0.15, 0.2) is 40.2 Å². The van der Waals surface area contributed by atoms with Gasteiger partial charge in [0.1, 0.15) is 11.9 Å². The van der Waals surface area contributed by atoms with Crippen LogP contribution >= 0.6 is 27.3 Å². The molecule has 2 N–H and O–H groups in total. The molecule has 0 bridgehead atoms. The van der Waals surface area contributed by atoms with Gasteiger partial charge in [0.25, 0.3) is 0 Å². The van der Waals surface area contributed by atoms with Crippen molar-refractivity contribution in [2.24, 2.45) is 5.73 Å². The summed E-state index contributed by atoms with van der Waals surface area (Å²) in [6.45, 7) is 0.244. The second-order valence-electron chi connectivity index (χ2n) is 4.03. The molecule has 2 rings (SSSR count). The van der Waals surface area contributed by atoms with Gasteiger partial charge in [-0.25, -0.2) is 0 Å². The van der Waals surface area contributed by atoms with Crippen molar-refractivity contribution < 1.29 is 17.9 Å². The van der Waals surface area contributed by atoms with Crippen molar-refractivity contribution in [3.63, 3.8) is 0 Å². The Labute approximate surface area is 126 Å². The minimum atomic E-state index is -4.34. The van der Waals surface area contributed by atoms with Crippen molar-refractivity contribution in [1.29, 1.82) is 0 Å². The zero-order valence-electron chi connectivity index (χ0n) is 10.2. The van der Waals surface area contributed by atoms with Gasteiger partial charge in [-0.05, 0) is 46.3 Å². The third-order valence-corrected chi connectivity index (χ3v) is 4.36. The molecule has 0 aliphatic carbocycles. The molecule has 0 radical (unpaired) electrons. The van der Waals surface area contributed by atoms with E-state index in [2.05, 4.69) is 15.9 Å². The van der Waals surface area contributed by atoms with Crippen LogP contribution in [0.1, 0.15) is 16.5 Å². The number of nitrogens with two attached hydrogens (primary N) is 1. The van der Waals surface area contributed by atoms with Crippen LogP contribution in [0.2, 0.25) is 0 Å². The average Bonchev–Trinajstić information content (AvgIpc) is 2.82. The molecule has 7 heteroatoms. The van der Waals surface area contributed by atoms with Gasteiger partial charge < -0.3 is 10.5 Å². The van der Waals surface area contributed by atoms with Crippen molar-refractivity contribution in [3.05, 3.63) is 50.6 Å². The van der Waals surface area contributed by atoms with E-state index < -0.39 is 11.7 Å². The van der Waals surface area contributed by atoms with Crippen LogP contribution in [-0.2, 0) is 6.18 Å². The van der Waals surface area contributed by atoms with Gasteiger partial charge in [0.2, 0.25) is 0 Å². The fraction of sp³-hybridized carbons (Fsp3) is 0.231. The summed E-state index contributed by atoms with van der Waals surface area (Å²) >= 11 is 4.81. The summed E-state index contributed by atoms with van der Waals surface area (Å²) in [5.41, 5.74) is 4.95. The van der Waals surface area contributed by atoms with Gasteiger partial charge in [-0.15, -0.1) is 11.3 Å². The molecular weight excluding hydrogens is 355 g/mol. The second-order valence-corrected chi connectivity index (χ2v) is 5.89. The van der Waals surface area contributed by atoms with Gasteiger partial charge in [0.15, 0.2) is 0 Å². The van der Waals surface area contributed by atoms with Gasteiger partial charge in [-0.2, -0.15) is 13.2 Å². The third-order valence-electron chi connectivity index (χ3n) is 2.58. The van der Waals surface area contributed by atoms with E-state index in [-0.39, 0.29) is 12.6 Å². The topological polar surface area (TPSA) is 35.2 Å². The van der Waals surface area contributed by atoms with Gasteiger partial charge in [-0.3, -0.25) is 0 Å². The Balaban J connectivity index is 2.12. The molecule has 1 atom stereocenters. The van der Waals surface area contributed by atoms with E-state index >= 15 is 0 Å². The normalized spacial score (nSPS) is 13.2. The first-order valence-electron chi connectivity index (χ1n) is 5.68. The Hall–Kier alpha value is -1.05. The lowest BCUT2D eigenvalue weighted by atomic mass is 10.2. The highest BCUT2D eigenvalue weighted by Crippen LogP contribution is 2.32. The van der Waals surface area contributed by atoms with Crippen molar-refractivity contribution in [3.8, 4) is 5.75 Å². The number of alkyl halides is 3. The van der Waals surface area contributed by atoms with Crippen molar-refractivity contribution in [2.45, 2.75) is 12.3 Å². The molecule has 0 saturated heterocycles. The van der Waals surface area contributed by atoms with Crippen LogP contribution in [0.25, 0.3) is 0 Å². The molecule has 0 spiro atoms. The maximum Gasteiger partial charge on any atom is 0.416 e. The number of hydrogen-bond donors (Lipinski definition) is 1. The summed E-state index contributed by atoms with van der Waals surface area (Å²) in [7, 11) is 0. The standard InChI is InChI=1S/C13H11BrF3NOS/c14-9-5-12(20-7-9)11(6-18)19-10-3-1-8(2-4-10)13(15,16)17/h1-5,7,11H,6,18H2. The van der Waals surface area contributed by atoms with Gasteiger partial charge in [0, 0.05) is 21.3 Å². The molecule has 2 aromatic rings. The summed E-state index contributed by atoms with van der Waals surface area (Å²) in [6, 6.07) is 6.47. The van der Waals surface area contributed by atoms with E-state index in [0.717, 1.165) is 21.5 Å². The summed E-state index contributed by atoms with van der Waals surface area (Å²) in [4.78, 5) is 0.916. The number of ether oxygens (including phenoxy) is 1. The molecule has 1 unspecified atom stereocenters. The molecule has 2 nitrogen and oxygen atoms in total. The molecule has 1 aromatic carbocycles. The number of halogens is 4. The molecule has 0 saturated carbocycles. The Morgan fingerprint density at radius 2 is 1.90 bits per heavy atom. The predicted octanol–water partition coefficient (Wildman–Crippen LogP) is 4.61. The highest BCUT2D eigenvalue weighted by atomic mass is 79.9. The number of benzene rings is 1. The smallest absolute Gasteiger partial charge is 0.416 e. The first kappa shape index (κ1) is 15.3. The first-order chi connectivity index (χ1) is 9.40. The van der Waals surface area contributed by atoms with Crippen LogP contribution < -0.4 is 10.5 Å². The molecular formula is C13H11BrF3NOS. The largest absolute Gasteiger partial charge is 0.484 e. The van der Waals surface area contributed by atoms with E-state index in [0.29, 0.717) is 5.75 Å². The van der Waals surface area contributed by atoms with Crippen molar-refractivity contribution >= 4 is 27.3 Å². The zero-order valence-corrected chi connectivity index (χ0v) is 12.6. The number of hydrogen-bond acceptors (Lipinski definition) is 3. The maximum atomic E-state index is 12.5. The molecule has 1 aromatic heterocycles. The van der Waals surface area contributed by atoms with E-state index in [9.17, 15) is 13.2 Å². The summed E-state index contributed by atoms with van der Waals surface area (Å²) in [5.74, 6) is 0.359. The minimum absolute atomic E-state index is 0.244. The lowest BCUT2D eigenvalue weighted by molar-refractivity contribution is -0.137. The van der Waals surface area contributed by atoms with Gasteiger partial charge in [0.05, 0.1) is 5.56 Å². The number of thiophene rings is 1. The summed E-state index contributed by atoms with van der Waals surface area (Å²) in [5, 5.41) is 1.90. The Bertz CT molecular complexity index is 568. The minimum Gasteiger partial charge on any atom is -0.484 e. The highest BCUT2D eigenvalue weighted by Gasteiger charge is 2.30. The zero-order chi connectivity index (χ0) is 14.8. The van der Waals surface area contributed by atoms with Crippen molar-refractivity contribution in [1.82, 2.24) is 0 Å². The molecule has 0 aliphatic rings. The fourth-order valence-corrected chi connectivity index (χ4v) is 3.09. The molecule has 1 heterocycles. The maximum absolute atomic E-state index is 12.5. The second kappa shape index (κ2) is 6.15. The fourth-order valence-electron chi connectivity index (χ4n) is 1.61. The number of rotatable bonds is 4. The van der Waals surface area contributed by atoms with E-state index in [4.69, 9.17) is 10.5 Å². The Morgan fingerprint density at radius 3 is 2.35 bits per heavy atom. The Kier molecular flexibility index (Phi) is 4.72. The van der Waals surface area contributed by atoms with Crippen LogP contribution in [-0.4, -0.2) is 6.54 Å². The summed E-state index contributed by atoms with van der Waals surface area (Å²) in [6.07, 6.45) is -4.72. The molecule has 0 amide bonds. The average molecular weight is 366 g/mol. The molecule has 0 fully saturated rings. The monoisotopic (exact) mass is 365 g/mol. The SMILES string of the molecule is NCC(Oc1ccc(C(F)(F)F)cc1)c1cc(Br)cs1. The lowest BCUT2D eigenvalue weighted by Gasteiger charge is -2.16. The van der Waals surface area contributed by atoms with Crippen LogP contribution in [0.4, 0.5) is 13.2 Å². The lowest BCUT2D eigenvalue weighted by Crippen LogP contribution is -2.17. The van der Waals surface area contributed by atoms with Crippen LogP contribution in [0.3, 0.4) is 0 Å². The van der Waals surface area contributed by atoms with Crippen LogP contribution in [0.5, 0.6) is 5.75 Å². The Morgan fingerprint density at radius 1 is 1.25 bits per heavy atom. The quantitative estimate of drug-likeness (QED) is 0.858. The van der Waals surface area contributed by atoms with Crippen LogP contribution in [0, 0.1) is 0 Å². The van der Waals surface area contributed by atoms with E-state index in [1.807, 2.05) is 11.4 Å². The molecule has 108 valence electrons. The van der Waals surface area contributed by atoms with E-state index in [1.165, 1.54) is 23.5 Å². The predicted molar refractivity (Wildman–Crippen MR) is 75.9 cm³/mol. The van der Waals surface area contributed by atoms with Gasteiger partial charge >= 0.3 is 6.18 Å². The van der Waals surface area contributed by atoms with Crippen molar-refractivity contribution in [2.75, 3.05) is 6.54 Å². The first-order valence-corrected chi connectivity index (χ1v) is 7.35.